The third-order valence-electron chi connectivity index (χ3n) is 6.17. The first-order chi connectivity index (χ1) is 12.7. The zero-order valence-electron chi connectivity index (χ0n) is 14.6. The first kappa shape index (κ1) is 15.9. The molecule has 1 saturated heterocycles. The molecule has 26 heavy (non-hydrogen) atoms. The van der Waals surface area contributed by atoms with Crippen molar-refractivity contribution in [2.24, 2.45) is 11.8 Å². The molecule has 1 aliphatic carbocycles. The number of amides is 1. The second kappa shape index (κ2) is 6.16. The lowest BCUT2D eigenvalue weighted by Gasteiger charge is -2.34. The number of carbonyl (C=O) groups excluding carboxylic acids is 1. The van der Waals surface area contributed by atoms with Crippen molar-refractivity contribution in [1.82, 2.24) is 19.7 Å². The van der Waals surface area contributed by atoms with Gasteiger partial charge in [-0.15, -0.1) is 10.2 Å². The van der Waals surface area contributed by atoms with Gasteiger partial charge >= 0.3 is 0 Å². The van der Waals surface area contributed by atoms with Crippen molar-refractivity contribution in [1.29, 1.82) is 0 Å². The Morgan fingerprint density at radius 3 is 2.77 bits per heavy atom. The van der Waals surface area contributed by atoms with Gasteiger partial charge in [0, 0.05) is 37.8 Å². The van der Waals surface area contributed by atoms with Gasteiger partial charge in [0.05, 0.1) is 0 Å². The number of fused-ring (bicyclic) bond motifs is 2. The van der Waals surface area contributed by atoms with Gasteiger partial charge in [-0.1, -0.05) is 12.5 Å². The molecule has 1 aromatic heterocycles. The van der Waals surface area contributed by atoms with Gasteiger partial charge in [-0.05, 0) is 42.9 Å². The standard InChI is InChI=1S/C19H22FN5O/c20-14-3-1-4-15(8-14)21-19(26)18-23-22-17-7-12-9-24(16-5-2-6-16)10-13(12)11-25(17)18/h1,3-4,8,12-13,16H,2,5-7,9-11H2,(H,21,26)/t12-,13-/m0/s1. The van der Waals surface area contributed by atoms with Gasteiger partial charge in [-0.3, -0.25) is 9.69 Å². The first-order valence-corrected chi connectivity index (χ1v) is 9.40. The van der Waals surface area contributed by atoms with E-state index in [-0.39, 0.29) is 11.7 Å². The molecule has 1 amide bonds. The summed E-state index contributed by atoms with van der Waals surface area (Å²) in [5.74, 6) is 1.68. The number of aromatic nitrogens is 3. The summed E-state index contributed by atoms with van der Waals surface area (Å²) < 4.78 is 15.3. The summed E-state index contributed by atoms with van der Waals surface area (Å²) in [6, 6.07) is 6.65. The Bertz CT molecular complexity index is 846. The Balaban J connectivity index is 1.32. The van der Waals surface area contributed by atoms with Gasteiger partial charge in [-0.25, -0.2) is 4.39 Å². The maximum atomic E-state index is 13.3. The normalized spacial score (nSPS) is 25.4. The summed E-state index contributed by atoms with van der Waals surface area (Å²) in [7, 11) is 0. The molecule has 136 valence electrons. The average Bonchev–Trinajstić information content (AvgIpc) is 3.13. The van der Waals surface area contributed by atoms with Crippen LogP contribution < -0.4 is 5.32 Å². The highest BCUT2D eigenvalue weighted by molar-refractivity contribution is 6.01. The number of nitrogens with one attached hydrogen (secondary N) is 1. The molecule has 5 rings (SSSR count). The fourth-order valence-electron chi connectivity index (χ4n) is 4.53. The van der Waals surface area contributed by atoms with Gasteiger partial charge in [0.15, 0.2) is 0 Å². The van der Waals surface area contributed by atoms with Crippen LogP contribution in [0.2, 0.25) is 0 Å². The van der Waals surface area contributed by atoms with Gasteiger partial charge in [0.2, 0.25) is 5.82 Å². The molecule has 0 bridgehead atoms. The zero-order chi connectivity index (χ0) is 17.7. The number of nitrogens with zero attached hydrogens (tertiary/aromatic N) is 4. The number of likely N-dealkylation sites (tertiary alicyclic amines) is 1. The van der Waals surface area contributed by atoms with Gasteiger partial charge in [0.25, 0.3) is 5.91 Å². The van der Waals surface area contributed by atoms with Crippen LogP contribution in [-0.4, -0.2) is 44.7 Å². The van der Waals surface area contributed by atoms with E-state index in [0.717, 1.165) is 37.9 Å². The Kier molecular flexibility index (Phi) is 3.77. The van der Waals surface area contributed by atoms with Gasteiger partial charge in [-0.2, -0.15) is 0 Å². The lowest BCUT2D eigenvalue weighted by molar-refractivity contribution is 0.100. The molecule has 0 radical (unpaired) electrons. The third-order valence-corrected chi connectivity index (χ3v) is 6.17. The van der Waals surface area contributed by atoms with Crippen LogP contribution in [0.4, 0.5) is 10.1 Å². The number of halogens is 1. The number of rotatable bonds is 3. The number of hydrogen-bond acceptors (Lipinski definition) is 4. The van der Waals surface area contributed by atoms with Crippen molar-refractivity contribution in [2.45, 2.75) is 38.3 Å². The molecule has 1 aromatic carbocycles. The third kappa shape index (κ3) is 2.70. The Labute approximate surface area is 151 Å². The molecule has 3 heterocycles. The second-order valence-corrected chi connectivity index (χ2v) is 7.78. The molecular weight excluding hydrogens is 333 g/mol. The van der Waals surface area contributed by atoms with E-state index in [0.29, 0.717) is 23.3 Å². The molecule has 1 saturated carbocycles. The summed E-state index contributed by atoms with van der Waals surface area (Å²) in [6.45, 7) is 3.05. The Morgan fingerprint density at radius 1 is 1.15 bits per heavy atom. The lowest BCUT2D eigenvalue weighted by Crippen LogP contribution is -2.38. The number of carbonyl (C=O) groups is 1. The SMILES string of the molecule is O=C(Nc1cccc(F)c1)c1nnc2n1C[C@@H]1CN(C3CCC3)C[C@@H]1C2. The molecule has 2 atom stereocenters. The Hall–Kier alpha value is -2.28. The highest BCUT2D eigenvalue weighted by atomic mass is 19.1. The summed E-state index contributed by atoms with van der Waals surface area (Å²) >= 11 is 0. The summed E-state index contributed by atoms with van der Waals surface area (Å²) in [6.07, 6.45) is 4.89. The molecule has 2 aliphatic heterocycles. The van der Waals surface area contributed by atoms with E-state index >= 15 is 0 Å². The highest BCUT2D eigenvalue weighted by Gasteiger charge is 2.42. The second-order valence-electron chi connectivity index (χ2n) is 7.78. The fraction of sp³-hybridized carbons (Fsp3) is 0.526. The maximum Gasteiger partial charge on any atom is 0.293 e. The zero-order valence-corrected chi connectivity index (χ0v) is 14.6. The van der Waals surface area contributed by atoms with Crippen LogP contribution in [0, 0.1) is 17.7 Å². The fourth-order valence-corrected chi connectivity index (χ4v) is 4.53. The molecule has 6 nitrogen and oxygen atoms in total. The summed E-state index contributed by atoms with van der Waals surface area (Å²) in [5.41, 5.74) is 0.429. The predicted molar refractivity (Wildman–Crippen MR) is 94.3 cm³/mol. The summed E-state index contributed by atoms with van der Waals surface area (Å²) in [5, 5.41) is 11.1. The Morgan fingerprint density at radius 2 is 2.00 bits per heavy atom. The van der Waals surface area contributed by atoms with E-state index in [1.807, 2.05) is 4.57 Å². The number of benzene rings is 1. The van der Waals surface area contributed by atoms with Crippen molar-refractivity contribution in [2.75, 3.05) is 18.4 Å². The van der Waals surface area contributed by atoms with Crippen LogP contribution in [-0.2, 0) is 13.0 Å². The van der Waals surface area contributed by atoms with Gasteiger partial charge in [0.1, 0.15) is 11.6 Å². The quantitative estimate of drug-likeness (QED) is 0.918. The van der Waals surface area contributed by atoms with Crippen LogP contribution in [0.25, 0.3) is 0 Å². The van der Waals surface area contributed by atoms with Crippen LogP contribution in [0.3, 0.4) is 0 Å². The van der Waals surface area contributed by atoms with Crippen LogP contribution >= 0.6 is 0 Å². The minimum Gasteiger partial charge on any atom is -0.319 e. The maximum absolute atomic E-state index is 13.3. The van der Waals surface area contributed by atoms with E-state index in [2.05, 4.69) is 20.4 Å². The van der Waals surface area contributed by atoms with E-state index < -0.39 is 0 Å². The van der Waals surface area contributed by atoms with E-state index in [1.54, 1.807) is 12.1 Å². The van der Waals surface area contributed by atoms with Crippen LogP contribution in [0.1, 0.15) is 35.7 Å². The highest BCUT2D eigenvalue weighted by Crippen LogP contribution is 2.37. The molecule has 7 heteroatoms. The first-order valence-electron chi connectivity index (χ1n) is 9.40. The molecular formula is C19H22FN5O. The summed E-state index contributed by atoms with van der Waals surface area (Å²) in [4.78, 5) is 15.2. The topological polar surface area (TPSA) is 63.1 Å². The van der Waals surface area contributed by atoms with E-state index in [1.165, 1.54) is 31.4 Å². The number of hydrogen-bond donors (Lipinski definition) is 1. The van der Waals surface area contributed by atoms with Crippen molar-refractivity contribution in [3.05, 3.63) is 41.7 Å². The van der Waals surface area contributed by atoms with Crippen LogP contribution in [0.15, 0.2) is 24.3 Å². The van der Waals surface area contributed by atoms with Gasteiger partial charge < -0.3 is 9.88 Å². The number of anilines is 1. The molecule has 0 spiro atoms. The average molecular weight is 355 g/mol. The monoisotopic (exact) mass is 355 g/mol. The largest absolute Gasteiger partial charge is 0.319 e. The van der Waals surface area contributed by atoms with Crippen molar-refractivity contribution < 1.29 is 9.18 Å². The van der Waals surface area contributed by atoms with Crippen molar-refractivity contribution in [3.63, 3.8) is 0 Å². The minimum atomic E-state index is -0.379. The van der Waals surface area contributed by atoms with E-state index in [4.69, 9.17) is 0 Å². The molecule has 0 unspecified atom stereocenters. The molecule has 2 aromatic rings. The minimum absolute atomic E-state index is 0.324. The lowest BCUT2D eigenvalue weighted by atomic mass is 9.89. The molecule has 1 N–H and O–H groups in total. The molecule has 3 aliphatic rings. The van der Waals surface area contributed by atoms with Crippen molar-refractivity contribution >= 4 is 11.6 Å². The smallest absolute Gasteiger partial charge is 0.293 e. The van der Waals surface area contributed by atoms with Crippen LogP contribution in [0.5, 0.6) is 0 Å². The van der Waals surface area contributed by atoms with E-state index in [9.17, 15) is 9.18 Å². The predicted octanol–water partition coefficient (Wildman–Crippen LogP) is 2.33. The molecule has 2 fully saturated rings. The van der Waals surface area contributed by atoms with Crippen molar-refractivity contribution in [3.8, 4) is 0 Å².